The minimum absolute atomic E-state index is 0.150. The van der Waals surface area contributed by atoms with E-state index in [4.69, 9.17) is 9.47 Å². The van der Waals surface area contributed by atoms with Gasteiger partial charge in [-0.15, -0.1) is 5.10 Å². The molecule has 1 aliphatic heterocycles. The predicted octanol–water partition coefficient (Wildman–Crippen LogP) is 3.87. The number of hydrogen-bond acceptors (Lipinski definition) is 6. The summed E-state index contributed by atoms with van der Waals surface area (Å²) in [6, 6.07) is 13.5. The number of fused-ring (bicyclic) bond motifs is 4. The van der Waals surface area contributed by atoms with E-state index in [-0.39, 0.29) is 5.56 Å². The molecule has 33 heavy (non-hydrogen) atoms. The second kappa shape index (κ2) is 7.44. The highest BCUT2D eigenvalue weighted by molar-refractivity contribution is 5.79. The third kappa shape index (κ3) is 3.14. The van der Waals surface area contributed by atoms with Crippen molar-refractivity contribution in [1.82, 2.24) is 24.1 Å². The topological polar surface area (TPSA) is 83.5 Å². The molecule has 0 saturated heterocycles. The molecule has 3 aromatic heterocycles. The van der Waals surface area contributed by atoms with Crippen molar-refractivity contribution in [1.29, 1.82) is 0 Å². The first kappa shape index (κ1) is 19.5. The zero-order chi connectivity index (χ0) is 22.5. The van der Waals surface area contributed by atoms with E-state index in [2.05, 4.69) is 15.1 Å². The molecule has 2 aromatic carbocycles. The van der Waals surface area contributed by atoms with Crippen LogP contribution in [-0.2, 0) is 0 Å². The summed E-state index contributed by atoms with van der Waals surface area (Å²) in [6.45, 7) is 5.29. The van der Waals surface area contributed by atoms with E-state index in [1.165, 1.54) is 0 Å². The summed E-state index contributed by atoms with van der Waals surface area (Å²) in [6.07, 6.45) is 4.19. The van der Waals surface area contributed by atoms with E-state index in [0.717, 1.165) is 34.5 Å². The fourth-order valence-electron chi connectivity index (χ4n) is 4.13. The van der Waals surface area contributed by atoms with Crippen LogP contribution in [0, 0.1) is 13.8 Å². The lowest BCUT2D eigenvalue weighted by Gasteiger charge is -2.12. The largest absolute Gasteiger partial charge is 0.490 e. The van der Waals surface area contributed by atoms with E-state index < -0.39 is 0 Å². The van der Waals surface area contributed by atoms with Gasteiger partial charge >= 0.3 is 0 Å². The van der Waals surface area contributed by atoms with Gasteiger partial charge in [0, 0.05) is 24.4 Å². The first-order valence-electron chi connectivity index (χ1n) is 10.8. The van der Waals surface area contributed by atoms with Crippen molar-refractivity contribution in [2.75, 3.05) is 13.2 Å². The molecule has 0 bridgehead atoms. The highest BCUT2D eigenvalue weighted by Gasteiger charge is 2.17. The van der Waals surface area contributed by atoms with Crippen LogP contribution in [0.1, 0.15) is 17.5 Å². The van der Waals surface area contributed by atoms with Crippen molar-refractivity contribution in [3.05, 3.63) is 76.3 Å². The zero-order valence-corrected chi connectivity index (χ0v) is 18.3. The Kier molecular flexibility index (Phi) is 4.39. The third-order valence-corrected chi connectivity index (χ3v) is 6.08. The molecule has 0 amide bonds. The van der Waals surface area contributed by atoms with Gasteiger partial charge in [0.1, 0.15) is 0 Å². The number of hydrogen-bond donors (Lipinski definition) is 0. The van der Waals surface area contributed by atoms with E-state index in [9.17, 15) is 4.79 Å². The smallest absolute Gasteiger partial charge is 0.266 e. The molecular formula is C25H21N5O3. The van der Waals surface area contributed by atoms with Crippen LogP contribution < -0.4 is 15.0 Å². The lowest BCUT2D eigenvalue weighted by molar-refractivity contribution is 0.297. The number of ether oxygens (including phenoxy) is 2. The molecular weight excluding hydrogens is 418 g/mol. The van der Waals surface area contributed by atoms with E-state index in [1.807, 2.05) is 56.3 Å². The summed E-state index contributed by atoms with van der Waals surface area (Å²) < 4.78 is 14.8. The zero-order valence-electron chi connectivity index (χ0n) is 18.3. The normalized spacial score (nSPS) is 13.4. The summed E-state index contributed by atoms with van der Waals surface area (Å²) in [5.41, 5.74) is 4.34. The second-order valence-electron chi connectivity index (χ2n) is 8.13. The summed E-state index contributed by atoms with van der Waals surface area (Å²) >= 11 is 0. The van der Waals surface area contributed by atoms with Gasteiger partial charge in [-0.2, -0.15) is 9.50 Å². The number of benzene rings is 2. The van der Waals surface area contributed by atoms with Gasteiger partial charge in [-0.3, -0.25) is 9.36 Å². The fraction of sp³-hybridized carbons (Fsp3) is 0.200. The average molecular weight is 439 g/mol. The Bertz CT molecular complexity index is 1600. The molecule has 1 aliphatic rings. The fourth-order valence-corrected chi connectivity index (χ4v) is 4.13. The first-order valence-corrected chi connectivity index (χ1v) is 10.8. The molecule has 0 N–H and O–H groups in total. The molecule has 0 spiro atoms. The van der Waals surface area contributed by atoms with E-state index in [0.29, 0.717) is 41.5 Å². The van der Waals surface area contributed by atoms with Crippen LogP contribution in [0.3, 0.4) is 0 Å². The second-order valence-corrected chi connectivity index (χ2v) is 8.13. The van der Waals surface area contributed by atoms with Crippen molar-refractivity contribution >= 4 is 16.7 Å². The Balaban J connectivity index is 1.49. The molecule has 0 unspecified atom stereocenters. The third-order valence-electron chi connectivity index (χ3n) is 6.08. The molecule has 164 valence electrons. The maximum Gasteiger partial charge on any atom is 0.266 e. The SMILES string of the molecule is Cc1cccc(-n2ccc3c(cnc4nc(-c5ccc6c(c5)OCCCO6)nn43)c2=O)c1C. The minimum atomic E-state index is -0.150. The van der Waals surface area contributed by atoms with Crippen LogP contribution in [0.25, 0.3) is 33.8 Å². The van der Waals surface area contributed by atoms with Crippen LogP contribution in [0.4, 0.5) is 0 Å². The molecule has 0 atom stereocenters. The molecule has 8 nitrogen and oxygen atoms in total. The molecule has 0 saturated carbocycles. The van der Waals surface area contributed by atoms with Gasteiger partial charge in [-0.1, -0.05) is 12.1 Å². The van der Waals surface area contributed by atoms with Gasteiger partial charge in [0.2, 0.25) is 0 Å². The van der Waals surface area contributed by atoms with Crippen LogP contribution in [-0.4, -0.2) is 37.4 Å². The molecule has 0 aliphatic carbocycles. The average Bonchev–Trinajstić information content (AvgIpc) is 3.13. The van der Waals surface area contributed by atoms with Gasteiger partial charge in [-0.25, -0.2) is 4.98 Å². The Morgan fingerprint density at radius 1 is 1.00 bits per heavy atom. The van der Waals surface area contributed by atoms with Gasteiger partial charge in [0.15, 0.2) is 17.3 Å². The molecule has 6 rings (SSSR count). The van der Waals surface area contributed by atoms with Gasteiger partial charge in [-0.05, 0) is 55.3 Å². The Labute approximate surface area is 189 Å². The maximum atomic E-state index is 13.3. The van der Waals surface area contributed by atoms with Crippen molar-refractivity contribution in [2.24, 2.45) is 0 Å². The summed E-state index contributed by atoms with van der Waals surface area (Å²) in [7, 11) is 0. The van der Waals surface area contributed by atoms with Gasteiger partial charge in [0.05, 0.1) is 29.8 Å². The molecule has 8 heteroatoms. The van der Waals surface area contributed by atoms with E-state index >= 15 is 0 Å². The molecule has 4 heterocycles. The van der Waals surface area contributed by atoms with Crippen molar-refractivity contribution in [3.63, 3.8) is 0 Å². The highest BCUT2D eigenvalue weighted by atomic mass is 16.5. The van der Waals surface area contributed by atoms with Crippen molar-refractivity contribution < 1.29 is 9.47 Å². The highest BCUT2D eigenvalue weighted by Crippen LogP contribution is 2.33. The van der Waals surface area contributed by atoms with Crippen LogP contribution in [0.2, 0.25) is 0 Å². The predicted molar refractivity (Wildman–Crippen MR) is 124 cm³/mol. The maximum absolute atomic E-state index is 13.3. The molecule has 5 aromatic rings. The standard InChI is InChI=1S/C25H21N5O3/c1-15-5-3-6-19(16(15)2)29-10-9-20-18(24(29)31)14-26-25-27-23(28-30(20)25)17-7-8-21-22(13-17)33-12-4-11-32-21/h3,5-10,13-14H,4,11-12H2,1-2H3. The molecule has 0 radical (unpaired) electrons. The number of pyridine rings is 1. The van der Waals surface area contributed by atoms with Gasteiger partial charge < -0.3 is 9.47 Å². The van der Waals surface area contributed by atoms with Crippen LogP contribution in [0.5, 0.6) is 11.5 Å². The number of aromatic nitrogens is 5. The van der Waals surface area contributed by atoms with Gasteiger partial charge in [0.25, 0.3) is 11.3 Å². The number of nitrogens with zero attached hydrogens (tertiary/aromatic N) is 5. The first-order chi connectivity index (χ1) is 16.1. The summed E-state index contributed by atoms with van der Waals surface area (Å²) in [5, 5.41) is 5.13. The summed E-state index contributed by atoms with van der Waals surface area (Å²) in [4.78, 5) is 22.3. The Hall–Kier alpha value is -4.20. The Morgan fingerprint density at radius 3 is 2.73 bits per heavy atom. The number of rotatable bonds is 2. The monoisotopic (exact) mass is 439 g/mol. The minimum Gasteiger partial charge on any atom is -0.490 e. The lowest BCUT2D eigenvalue weighted by atomic mass is 10.1. The van der Waals surface area contributed by atoms with Crippen molar-refractivity contribution in [2.45, 2.75) is 20.3 Å². The van der Waals surface area contributed by atoms with Crippen LogP contribution >= 0.6 is 0 Å². The summed E-state index contributed by atoms with van der Waals surface area (Å²) in [5.74, 6) is 2.33. The lowest BCUT2D eigenvalue weighted by Crippen LogP contribution is -2.19. The van der Waals surface area contributed by atoms with Crippen molar-refractivity contribution in [3.8, 4) is 28.6 Å². The Morgan fingerprint density at radius 2 is 1.85 bits per heavy atom. The van der Waals surface area contributed by atoms with E-state index in [1.54, 1.807) is 21.5 Å². The van der Waals surface area contributed by atoms with Crippen LogP contribution in [0.15, 0.2) is 59.7 Å². The number of aryl methyl sites for hydroxylation is 1. The quantitative estimate of drug-likeness (QED) is 0.415. The molecule has 0 fully saturated rings.